The van der Waals surface area contributed by atoms with E-state index in [-0.39, 0.29) is 36.7 Å². The zero-order chi connectivity index (χ0) is 21.5. The molecule has 4 rings (SSSR count). The van der Waals surface area contributed by atoms with Crippen molar-refractivity contribution in [3.8, 4) is 0 Å². The van der Waals surface area contributed by atoms with Gasteiger partial charge in [-0.25, -0.2) is 0 Å². The third-order valence-electron chi connectivity index (χ3n) is 6.11. The van der Waals surface area contributed by atoms with Crippen molar-refractivity contribution < 1.29 is 14.4 Å². The average Bonchev–Trinajstić information content (AvgIpc) is 3.04. The highest BCUT2D eigenvalue weighted by Gasteiger charge is 2.52. The zero-order valence-corrected chi connectivity index (χ0v) is 17.7. The highest BCUT2D eigenvalue weighted by Crippen LogP contribution is 2.44. The van der Waals surface area contributed by atoms with Crippen LogP contribution in [-0.4, -0.2) is 40.9 Å². The van der Waals surface area contributed by atoms with E-state index in [1.807, 2.05) is 63.2 Å². The largest absolute Gasteiger partial charge is 0.315 e. The number of hydrogen-bond acceptors (Lipinski definition) is 3. The number of carbonyl (C=O) groups excluding carboxylic acids is 3. The first kappa shape index (κ1) is 20.1. The van der Waals surface area contributed by atoms with Gasteiger partial charge >= 0.3 is 0 Å². The van der Waals surface area contributed by atoms with Gasteiger partial charge in [-0.2, -0.15) is 0 Å². The summed E-state index contributed by atoms with van der Waals surface area (Å²) in [4.78, 5) is 44.3. The van der Waals surface area contributed by atoms with Crippen LogP contribution < -0.4 is 9.80 Å². The predicted molar refractivity (Wildman–Crippen MR) is 116 cm³/mol. The minimum atomic E-state index is -0.738. The summed E-state index contributed by atoms with van der Waals surface area (Å²) < 4.78 is 0. The second kappa shape index (κ2) is 7.59. The van der Waals surface area contributed by atoms with Crippen LogP contribution in [0.1, 0.15) is 50.4 Å². The van der Waals surface area contributed by atoms with E-state index >= 15 is 0 Å². The maximum atomic E-state index is 13.3. The van der Waals surface area contributed by atoms with Gasteiger partial charge in [0.1, 0.15) is 5.66 Å². The predicted octanol–water partition coefficient (Wildman–Crippen LogP) is 3.82. The van der Waals surface area contributed by atoms with Crippen LogP contribution in [0.15, 0.2) is 54.6 Å². The molecule has 3 amide bonds. The molecule has 30 heavy (non-hydrogen) atoms. The van der Waals surface area contributed by atoms with E-state index in [9.17, 15) is 14.4 Å². The van der Waals surface area contributed by atoms with Gasteiger partial charge in [0, 0.05) is 31.1 Å². The molecule has 2 aromatic carbocycles. The van der Waals surface area contributed by atoms with Crippen molar-refractivity contribution in [1.29, 1.82) is 0 Å². The molecule has 0 saturated carbocycles. The first-order chi connectivity index (χ1) is 14.3. The standard InChI is InChI=1S/C24H27N3O3/c1-17(2)26(18-9-5-4-6-10-18)21(28)14-16-25-23(30)19-11-7-8-12-20(19)27-22(29)13-15-24(25,27)3/h4-12,17H,13-16H2,1-3H3/t24-/m1/s1. The molecule has 0 radical (unpaired) electrons. The molecule has 0 unspecified atom stereocenters. The molecule has 2 aliphatic rings. The first-order valence-corrected chi connectivity index (χ1v) is 10.5. The lowest BCUT2D eigenvalue weighted by Gasteiger charge is -2.48. The molecule has 156 valence electrons. The van der Waals surface area contributed by atoms with Crippen LogP contribution >= 0.6 is 0 Å². The quantitative estimate of drug-likeness (QED) is 0.760. The summed E-state index contributed by atoms with van der Waals surface area (Å²) in [5.41, 5.74) is 1.29. The Kier molecular flexibility index (Phi) is 5.10. The smallest absolute Gasteiger partial charge is 0.257 e. The van der Waals surface area contributed by atoms with Crippen LogP contribution in [-0.2, 0) is 9.59 Å². The molecule has 0 aliphatic carbocycles. The summed E-state index contributed by atoms with van der Waals surface area (Å²) in [6.07, 6.45) is 1.15. The molecule has 0 aromatic heterocycles. The summed E-state index contributed by atoms with van der Waals surface area (Å²) in [7, 11) is 0. The summed E-state index contributed by atoms with van der Waals surface area (Å²) in [5, 5.41) is 0. The number of carbonyl (C=O) groups is 3. The number of rotatable bonds is 5. The molecule has 2 aromatic rings. The molecule has 6 heteroatoms. The summed E-state index contributed by atoms with van der Waals surface area (Å²) in [6.45, 7) is 6.15. The lowest BCUT2D eigenvalue weighted by molar-refractivity contribution is -0.119. The molecular weight excluding hydrogens is 378 g/mol. The zero-order valence-electron chi connectivity index (χ0n) is 17.7. The number of nitrogens with zero attached hydrogens (tertiary/aromatic N) is 3. The Bertz CT molecular complexity index is 988. The number of fused-ring (bicyclic) bond motifs is 3. The summed E-state index contributed by atoms with van der Waals surface area (Å²) in [6, 6.07) is 16.8. The maximum absolute atomic E-state index is 13.3. The fourth-order valence-corrected chi connectivity index (χ4v) is 4.69. The number of benzene rings is 2. The fourth-order valence-electron chi connectivity index (χ4n) is 4.69. The molecule has 1 fully saturated rings. The monoisotopic (exact) mass is 405 g/mol. The number of anilines is 2. The third kappa shape index (κ3) is 3.16. The van der Waals surface area contributed by atoms with E-state index in [0.29, 0.717) is 24.1 Å². The number of amides is 3. The molecule has 6 nitrogen and oxygen atoms in total. The van der Waals surface area contributed by atoms with Crippen molar-refractivity contribution >= 4 is 29.1 Å². The number of para-hydroxylation sites is 2. The van der Waals surface area contributed by atoms with Gasteiger partial charge < -0.3 is 9.80 Å². The molecule has 0 N–H and O–H groups in total. The van der Waals surface area contributed by atoms with Crippen LogP contribution in [0.4, 0.5) is 11.4 Å². The fraction of sp³-hybridized carbons (Fsp3) is 0.375. The molecular formula is C24H27N3O3. The lowest BCUT2D eigenvalue weighted by atomic mass is 9.98. The average molecular weight is 405 g/mol. The molecule has 1 saturated heterocycles. The van der Waals surface area contributed by atoms with Crippen molar-refractivity contribution in [1.82, 2.24) is 4.90 Å². The topological polar surface area (TPSA) is 60.9 Å². The van der Waals surface area contributed by atoms with Crippen LogP contribution in [0.3, 0.4) is 0 Å². The Balaban J connectivity index is 1.60. The van der Waals surface area contributed by atoms with Gasteiger partial charge in [-0.15, -0.1) is 0 Å². The number of hydrogen-bond donors (Lipinski definition) is 0. The van der Waals surface area contributed by atoms with E-state index in [0.717, 1.165) is 5.69 Å². The minimum absolute atomic E-state index is 0.00201. The minimum Gasteiger partial charge on any atom is -0.315 e. The van der Waals surface area contributed by atoms with E-state index in [1.54, 1.807) is 26.8 Å². The van der Waals surface area contributed by atoms with Crippen molar-refractivity contribution in [3.05, 3.63) is 60.2 Å². The van der Waals surface area contributed by atoms with Crippen LogP contribution in [0.25, 0.3) is 0 Å². The van der Waals surface area contributed by atoms with Gasteiger partial charge in [0.2, 0.25) is 11.8 Å². The highest BCUT2D eigenvalue weighted by molar-refractivity contribution is 6.10. The Morgan fingerprint density at radius 1 is 1.07 bits per heavy atom. The second-order valence-corrected chi connectivity index (χ2v) is 8.36. The van der Waals surface area contributed by atoms with Crippen LogP contribution in [0, 0.1) is 0 Å². The van der Waals surface area contributed by atoms with Crippen molar-refractivity contribution in [2.75, 3.05) is 16.3 Å². The van der Waals surface area contributed by atoms with E-state index < -0.39 is 5.66 Å². The SMILES string of the molecule is CC(C)N(C(=O)CCN1C(=O)c2ccccc2N2C(=O)CC[C@]12C)c1ccccc1. The maximum Gasteiger partial charge on any atom is 0.257 e. The Hall–Kier alpha value is -3.15. The van der Waals surface area contributed by atoms with E-state index in [2.05, 4.69) is 0 Å². The van der Waals surface area contributed by atoms with Gasteiger partial charge in [0.05, 0.1) is 11.3 Å². The van der Waals surface area contributed by atoms with Crippen molar-refractivity contribution in [3.63, 3.8) is 0 Å². The molecule has 0 bridgehead atoms. The summed E-state index contributed by atoms with van der Waals surface area (Å²) in [5.74, 6) is -0.146. The first-order valence-electron chi connectivity index (χ1n) is 10.5. The van der Waals surface area contributed by atoms with Gasteiger partial charge in [0.15, 0.2) is 0 Å². The highest BCUT2D eigenvalue weighted by atomic mass is 16.2. The Morgan fingerprint density at radius 3 is 2.43 bits per heavy atom. The third-order valence-corrected chi connectivity index (χ3v) is 6.11. The van der Waals surface area contributed by atoms with Gasteiger partial charge in [0.25, 0.3) is 5.91 Å². The van der Waals surface area contributed by atoms with Crippen molar-refractivity contribution in [2.24, 2.45) is 0 Å². The molecule has 0 spiro atoms. The second-order valence-electron chi connectivity index (χ2n) is 8.36. The lowest BCUT2D eigenvalue weighted by Crippen LogP contribution is -2.62. The Morgan fingerprint density at radius 2 is 1.73 bits per heavy atom. The molecule has 2 aliphatic heterocycles. The van der Waals surface area contributed by atoms with Gasteiger partial charge in [-0.05, 0) is 51.5 Å². The normalized spacial score (nSPS) is 20.4. The van der Waals surface area contributed by atoms with Crippen LogP contribution in [0.2, 0.25) is 0 Å². The van der Waals surface area contributed by atoms with Gasteiger partial charge in [-0.1, -0.05) is 30.3 Å². The summed E-state index contributed by atoms with van der Waals surface area (Å²) >= 11 is 0. The molecule has 2 heterocycles. The van der Waals surface area contributed by atoms with E-state index in [1.165, 1.54) is 0 Å². The van der Waals surface area contributed by atoms with Gasteiger partial charge in [-0.3, -0.25) is 19.3 Å². The van der Waals surface area contributed by atoms with E-state index in [4.69, 9.17) is 0 Å². The van der Waals surface area contributed by atoms with Crippen LogP contribution in [0.5, 0.6) is 0 Å². The Labute approximate surface area is 177 Å². The van der Waals surface area contributed by atoms with Crippen molar-refractivity contribution in [2.45, 2.75) is 51.7 Å². The molecule has 1 atom stereocenters.